The Morgan fingerprint density at radius 1 is 0.744 bits per heavy atom. The molecular weight excluding hydrogens is 484 g/mol. The fraction of sp³-hybridized carbons (Fsp3) is 0.559. The first-order valence-electron chi connectivity index (χ1n) is 15.2. The van der Waals surface area contributed by atoms with Crippen molar-refractivity contribution < 1.29 is 14.3 Å². The van der Waals surface area contributed by atoms with Crippen LogP contribution in [0.3, 0.4) is 0 Å². The monoisotopic (exact) mass is 532 g/mol. The minimum atomic E-state index is -0.881. The third-order valence-electron chi connectivity index (χ3n) is 7.58. The summed E-state index contributed by atoms with van der Waals surface area (Å²) >= 11 is 0. The number of hydrazone groups is 1. The zero-order chi connectivity index (χ0) is 27.9. The number of benzene rings is 2. The highest BCUT2D eigenvalue weighted by atomic mass is 16.5. The van der Waals surface area contributed by atoms with E-state index in [0.29, 0.717) is 23.6 Å². The molecular formula is C34H48N2O3. The van der Waals surface area contributed by atoms with Crippen LogP contribution in [0.15, 0.2) is 53.6 Å². The predicted octanol–water partition coefficient (Wildman–Crippen LogP) is 9.08. The first kappa shape index (κ1) is 30.6. The molecule has 0 fully saturated rings. The van der Waals surface area contributed by atoms with Crippen LogP contribution < -0.4 is 9.75 Å². The number of carbonyl (C=O) groups is 2. The maximum absolute atomic E-state index is 13.1. The van der Waals surface area contributed by atoms with Crippen molar-refractivity contribution in [1.82, 2.24) is 0 Å². The van der Waals surface area contributed by atoms with Gasteiger partial charge in [-0.2, -0.15) is 10.1 Å². The normalized spacial score (nSPS) is 15.1. The molecule has 1 amide bonds. The Balaban J connectivity index is 1.28. The average Bonchev–Trinajstić information content (AvgIpc) is 3.24. The number of unbranched alkanes of at least 4 members (excludes halogenated alkanes) is 13. The predicted molar refractivity (Wildman–Crippen MR) is 162 cm³/mol. The minimum Gasteiger partial charge on any atom is -0.494 e. The largest absolute Gasteiger partial charge is 0.494 e. The first-order chi connectivity index (χ1) is 19.0. The molecule has 5 heteroatoms. The van der Waals surface area contributed by atoms with Gasteiger partial charge >= 0.3 is 0 Å². The molecule has 1 aliphatic heterocycles. The lowest BCUT2D eigenvalue weighted by Crippen LogP contribution is -2.32. The summed E-state index contributed by atoms with van der Waals surface area (Å²) in [6.07, 6.45) is 18.7. The molecule has 1 aliphatic rings. The molecule has 0 radical (unpaired) electrons. The minimum absolute atomic E-state index is 0.227. The molecule has 3 rings (SSSR count). The molecule has 0 spiro atoms. The van der Waals surface area contributed by atoms with Gasteiger partial charge in [0, 0.05) is 5.56 Å². The van der Waals surface area contributed by atoms with Crippen molar-refractivity contribution >= 4 is 23.1 Å². The van der Waals surface area contributed by atoms with E-state index in [0.717, 1.165) is 17.7 Å². The van der Waals surface area contributed by atoms with Crippen molar-refractivity contribution in [3.8, 4) is 5.75 Å². The number of aryl methyl sites for hydroxylation is 1. The second-order valence-corrected chi connectivity index (χ2v) is 11.0. The summed E-state index contributed by atoms with van der Waals surface area (Å²) in [7, 11) is 0. The number of hydrogen-bond acceptors (Lipinski definition) is 4. The van der Waals surface area contributed by atoms with Crippen LogP contribution >= 0.6 is 0 Å². The lowest BCUT2D eigenvalue weighted by molar-refractivity contribution is -0.118. The fourth-order valence-corrected chi connectivity index (χ4v) is 5.11. The second-order valence-electron chi connectivity index (χ2n) is 11.0. The van der Waals surface area contributed by atoms with Crippen molar-refractivity contribution in [3.63, 3.8) is 0 Å². The Hall–Kier alpha value is -2.95. The number of ketones is 1. The summed E-state index contributed by atoms with van der Waals surface area (Å²) in [5.41, 5.74) is 2.79. The molecule has 1 atom stereocenters. The van der Waals surface area contributed by atoms with E-state index in [2.05, 4.69) is 12.0 Å². The Morgan fingerprint density at radius 3 is 1.79 bits per heavy atom. The van der Waals surface area contributed by atoms with Crippen LogP contribution in [0, 0.1) is 12.8 Å². The molecule has 2 aromatic carbocycles. The number of hydrogen-bond donors (Lipinski definition) is 0. The summed E-state index contributed by atoms with van der Waals surface area (Å²) in [5, 5.41) is 5.71. The highest BCUT2D eigenvalue weighted by Crippen LogP contribution is 2.27. The van der Waals surface area contributed by atoms with E-state index in [1.54, 1.807) is 19.1 Å². The Morgan fingerprint density at radius 2 is 1.26 bits per heavy atom. The molecule has 0 N–H and O–H groups in total. The zero-order valence-corrected chi connectivity index (χ0v) is 24.4. The van der Waals surface area contributed by atoms with Crippen LogP contribution in [-0.2, 0) is 4.79 Å². The Kier molecular flexibility index (Phi) is 13.2. The van der Waals surface area contributed by atoms with Crippen LogP contribution in [0.4, 0.5) is 5.69 Å². The van der Waals surface area contributed by atoms with Gasteiger partial charge in [0.05, 0.1) is 18.0 Å². The summed E-state index contributed by atoms with van der Waals surface area (Å²) < 4.78 is 5.89. The number of Topliss-reactive ketones (excluding diaryl/α,β-unsaturated/α-hetero) is 1. The van der Waals surface area contributed by atoms with E-state index in [-0.39, 0.29) is 11.7 Å². The van der Waals surface area contributed by atoms with Crippen molar-refractivity contribution in [2.45, 2.75) is 111 Å². The van der Waals surface area contributed by atoms with Gasteiger partial charge in [0.15, 0.2) is 5.78 Å². The highest BCUT2D eigenvalue weighted by Gasteiger charge is 2.39. The molecule has 39 heavy (non-hydrogen) atoms. The van der Waals surface area contributed by atoms with Gasteiger partial charge in [0.2, 0.25) is 0 Å². The van der Waals surface area contributed by atoms with E-state index in [1.807, 2.05) is 43.3 Å². The molecule has 0 aliphatic carbocycles. The van der Waals surface area contributed by atoms with E-state index in [9.17, 15) is 9.59 Å². The van der Waals surface area contributed by atoms with E-state index in [1.165, 1.54) is 88.5 Å². The maximum Gasteiger partial charge on any atom is 0.264 e. The van der Waals surface area contributed by atoms with Gasteiger partial charge < -0.3 is 4.74 Å². The van der Waals surface area contributed by atoms with Crippen molar-refractivity contribution in [3.05, 3.63) is 59.7 Å². The smallest absolute Gasteiger partial charge is 0.264 e. The van der Waals surface area contributed by atoms with Crippen LogP contribution in [0.5, 0.6) is 5.75 Å². The number of nitrogens with zero attached hydrogens (tertiary/aromatic N) is 2. The van der Waals surface area contributed by atoms with Gasteiger partial charge in [-0.05, 0) is 56.7 Å². The van der Waals surface area contributed by atoms with Crippen molar-refractivity contribution in [2.75, 3.05) is 11.6 Å². The molecule has 5 nitrogen and oxygen atoms in total. The topological polar surface area (TPSA) is 59.0 Å². The third-order valence-corrected chi connectivity index (χ3v) is 7.58. The maximum atomic E-state index is 13.1. The molecule has 1 heterocycles. The molecule has 0 aromatic heterocycles. The number of rotatable bonds is 19. The van der Waals surface area contributed by atoms with Crippen LogP contribution in [-0.4, -0.2) is 24.0 Å². The SMILES string of the molecule is CCCCCCCCCCCCCCCCOc1ccc(C(=O)C2C(=O)N(c3ccc(C)cc3)N=C2C)cc1. The van der Waals surface area contributed by atoms with Gasteiger partial charge in [-0.3, -0.25) is 9.59 Å². The number of amides is 1. The lowest BCUT2D eigenvalue weighted by atomic mass is 9.93. The summed E-state index contributed by atoms with van der Waals surface area (Å²) in [6.45, 7) is 6.69. The van der Waals surface area contributed by atoms with Crippen molar-refractivity contribution in [2.24, 2.45) is 11.0 Å². The van der Waals surface area contributed by atoms with Gasteiger partial charge in [0.1, 0.15) is 11.7 Å². The number of carbonyl (C=O) groups excluding carboxylic acids is 2. The summed E-state index contributed by atoms with van der Waals surface area (Å²) in [6, 6.07) is 14.7. The van der Waals surface area contributed by atoms with Crippen molar-refractivity contribution in [1.29, 1.82) is 0 Å². The molecule has 2 aromatic rings. The van der Waals surface area contributed by atoms with E-state index < -0.39 is 5.92 Å². The Labute approximate surface area is 236 Å². The highest BCUT2D eigenvalue weighted by molar-refractivity contribution is 6.30. The van der Waals surface area contributed by atoms with Gasteiger partial charge in [-0.15, -0.1) is 0 Å². The molecule has 1 unspecified atom stereocenters. The number of ether oxygens (including phenoxy) is 1. The summed E-state index contributed by atoms with van der Waals surface area (Å²) in [5.74, 6) is -0.659. The quantitative estimate of drug-likeness (QED) is 0.103. The second kappa shape index (κ2) is 16.9. The van der Waals surface area contributed by atoms with E-state index >= 15 is 0 Å². The van der Waals surface area contributed by atoms with Gasteiger partial charge in [-0.25, -0.2) is 0 Å². The molecule has 0 saturated carbocycles. The zero-order valence-electron chi connectivity index (χ0n) is 24.4. The first-order valence-corrected chi connectivity index (χ1v) is 15.2. The molecule has 0 bridgehead atoms. The lowest BCUT2D eigenvalue weighted by Gasteiger charge is -2.14. The molecule has 212 valence electrons. The standard InChI is InChI=1S/C34H48N2O3/c1-4-5-6-7-8-9-10-11-12-13-14-15-16-17-26-39-31-24-20-29(21-25-31)33(37)32-28(3)35-36(34(32)38)30-22-18-27(2)19-23-30/h18-25,32H,4-17,26H2,1-3H3. The summed E-state index contributed by atoms with van der Waals surface area (Å²) in [4.78, 5) is 26.2. The van der Waals surface area contributed by atoms with Gasteiger partial charge in [0.25, 0.3) is 5.91 Å². The fourth-order valence-electron chi connectivity index (χ4n) is 5.11. The Bertz CT molecular complexity index is 1040. The van der Waals surface area contributed by atoms with Crippen LogP contribution in [0.2, 0.25) is 0 Å². The number of anilines is 1. The average molecular weight is 533 g/mol. The van der Waals surface area contributed by atoms with Crippen LogP contribution in [0.1, 0.15) is 120 Å². The molecule has 0 saturated heterocycles. The van der Waals surface area contributed by atoms with Crippen LogP contribution in [0.25, 0.3) is 0 Å². The third kappa shape index (κ3) is 9.94. The van der Waals surface area contributed by atoms with E-state index in [4.69, 9.17) is 4.74 Å². The van der Waals surface area contributed by atoms with Gasteiger partial charge in [-0.1, -0.05) is 108 Å².